The molecule has 0 aromatic heterocycles. The standard InChI is InChI=1S/C14H9BrClF3/c1-7-4-10(13(19)6-11(7)17)14(15)9-3-2-8(16)5-12(9)18/h2-6,14H,1H3. The lowest BCUT2D eigenvalue weighted by molar-refractivity contribution is 0.566. The lowest BCUT2D eigenvalue weighted by atomic mass is 10.0. The van der Waals surface area contributed by atoms with Gasteiger partial charge in [0, 0.05) is 22.2 Å². The Bertz CT molecular complexity index is 628. The molecule has 0 heterocycles. The lowest BCUT2D eigenvalue weighted by Crippen LogP contribution is -2.01. The van der Waals surface area contributed by atoms with Crippen molar-refractivity contribution in [2.24, 2.45) is 0 Å². The van der Waals surface area contributed by atoms with Gasteiger partial charge < -0.3 is 0 Å². The number of halogens is 5. The number of benzene rings is 2. The molecule has 0 fully saturated rings. The second-order valence-electron chi connectivity index (χ2n) is 4.15. The summed E-state index contributed by atoms with van der Waals surface area (Å²) in [6.45, 7) is 1.52. The van der Waals surface area contributed by atoms with Crippen LogP contribution in [0.3, 0.4) is 0 Å². The highest BCUT2D eigenvalue weighted by molar-refractivity contribution is 9.09. The van der Waals surface area contributed by atoms with Crippen LogP contribution in [0.25, 0.3) is 0 Å². The van der Waals surface area contributed by atoms with E-state index in [1.54, 1.807) is 0 Å². The van der Waals surface area contributed by atoms with E-state index in [4.69, 9.17) is 11.6 Å². The fraction of sp³-hybridized carbons (Fsp3) is 0.143. The minimum Gasteiger partial charge on any atom is -0.207 e. The summed E-state index contributed by atoms with van der Waals surface area (Å²) in [6, 6.07) is 6.29. The molecule has 0 aliphatic rings. The Morgan fingerprint density at radius 2 is 1.58 bits per heavy atom. The summed E-state index contributed by atoms with van der Waals surface area (Å²) in [7, 11) is 0. The van der Waals surface area contributed by atoms with Crippen molar-refractivity contribution < 1.29 is 13.2 Å². The van der Waals surface area contributed by atoms with Crippen molar-refractivity contribution in [3.05, 3.63) is 69.5 Å². The van der Waals surface area contributed by atoms with Gasteiger partial charge in [-0.3, -0.25) is 0 Å². The molecule has 1 atom stereocenters. The van der Waals surface area contributed by atoms with E-state index >= 15 is 0 Å². The first-order valence-electron chi connectivity index (χ1n) is 5.44. The first kappa shape index (κ1) is 14.4. The first-order chi connectivity index (χ1) is 8.90. The van der Waals surface area contributed by atoms with Crippen molar-refractivity contribution in [3.8, 4) is 0 Å². The van der Waals surface area contributed by atoms with E-state index in [9.17, 15) is 13.2 Å². The molecule has 0 bridgehead atoms. The monoisotopic (exact) mass is 348 g/mol. The van der Waals surface area contributed by atoms with Crippen molar-refractivity contribution in [1.82, 2.24) is 0 Å². The number of hydrogen-bond donors (Lipinski definition) is 0. The SMILES string of the molecule is Cc1cc(C(Br)c2ccc(Cl)cc2F)c(F)cc1F. The Balaban J connectivity index is 2.49. The molecule has 0 amide bonds. The fourth-order valence-electron chi connectivity index (χ4n) is 1.75. The topological polar surface area (TPSA) is 0 Å². The Morgan fingerprint density at radius 1 is 0.947 bits per heavy atom. The van der Waals surface area contributed by atoms with Crippen LogP contribution >= 0.6 is 27.5 Å². The van der Waals surface area contributed by atoms with E-state index in [1.165, 1.54) is 25.1 Å². The molecule has 0 saturated carbocycles. The van der Waals surface area contributed by atoms with Gasteiger partial charge in [-0.15, -0.1) is 0 Å². The Kier molecular flexibility index (Phi) is 4.21. The average Bonchev–Trinajstić information content (AvgIpc) is 2.33. The molecule has 0 saturated heterocycles. The van der Waals surface area contributed by atoms with Crippen LogP contribution in [0, 0.1) is 24.4 Å². The maximum absolute atomic E-state index is 13.8. The van der Waals surface area contributed by atoms with Crippen LogP contribution in [0.4, 0.5) is 13.2 Å². The minimum absolute atomic E-state index is 0.181. The van der Waals surface area contributed by atoms with Crippen LogP contribution in [0.15, 0.2) is 30.3 Å². The van der Waals surface area contributed by atoms with E-state index in [2.05, 4.69) is 15.9 Å². The summed E-state index contributed by atoms with van der Waals surface area (Å²) in [6.07, 6.45) is 0. The van der Waals surface area contributed by atoms with E-state index in [-0.39, 0.29) is 16.1 Å². The van der Waals surface area contributed by atoms with Crippen molar-refractivity contribution in [3.63, 3.8) is 0 Å². The summed E-state index contributed by atoms with van der Waals surface area (Å²) in [5.41, 5.74) is 0.727. The van der Waals surface area contributed by atoms with E-state index in [0.29, 0.717) is 5.56 Å². The van der Waals surface area contributed by atoms with Gasteiger partial charge in [0.05, 0.1) is 4.83 Å². The zero-order valence-electron chi connectivity index (χ0n) is 9.85. The van der Waals surface area contributed by atoms with E-state index in [1.807, 2.05) is 0 Å². The zero-order valence-corrected chi connectivity index (χ0v) is 12.2. The van der Waals surface area contributed by atoms with Gasteiger partial charge in [-0.05, 0) is 30.7 Å². The van der Waals surface area contributed by atoms with Crippen LogP contribution in [0.5, 0.6) is 0 Å². The average molecular weight is 350 g/mol. The summed E-state index contributed by atoms with van der Waals surface area (Å²) in [4.78, 5) is -0.705. The Hall–Kier alpha value is -1.00. The van der Waals surface area contributed by atoms with Crippen molar-refractivity contribution >= 4 is 27.5 Å². The van der Waals surface area contributed by atoms with Gasteiger partial charge in [-0.2, -0.15) is 0 Å². The number of rotatable bonds is 2. The predicted molar refractivity (Wildman–Crippen MR) is 73.3 cm³/mol. The summed E-state index contributed by atoms with van der Waals surface area (Å²) in [5, 5.41) is 0.261. The van der Waals surface area contributed by atoms with Crippen LogP contribution < -0.4 is 0 Å². The van der Waals surface area contributed by atoms with Gasteiger partial charge in [-0.25, -0.2) is 13.2 Å². The molecule has 0 spiro atoms. The molecule has 2 rings (SSSR count). The smallest absolute Gasteiger partial charge is 0.130 e. The van der Waals surface area contributed by atoms with Gasteiger partial charge in [-0.1, -0.05) is 33.6 Å². The molecular formula is C14H9BrClF3. The maximum atomic E-state index is 13.8. The first-order valence-corrected chi connectivity index (χ1v) is 6.74. The fourth-order valence-corrected chi connectivity index (χ4v) is 2.63. The molecule has 19 heavy (non-hydrogen) atoms. The highest BCUT2D eigenvalue weighted by atomic mass is 79.9. The molecule has 0 N–H and O–H groups in total. The van der Waals surface area contributed by atoms with Crippen LogP contribution in [0.1, 0.15) is 21.5 Å². The van der Waals surface area contributed by atoms with Crippen molar-refractivity contribution in [1.29, 1.82) is 0 Å². The summed E-state index contributed by atoms with van der Waals surface area (Å²) >= 11 is 8.90. The van der Waals surface area contributed by atoms with E-state index < -0.39 is 22.3 Å². The summed E-state index contributed by atoms with van der Waals surface area (Å²) < 4.78 is 40.8. The van der Waals surface area contributed by atoms with Crippen molar-refractivity contribution in [2.45, 2.75) is 11.8 Å². The molecule has 5 heteroatoms. The van der Waals surface area contributed by atoms with Gasteiger partial charge >= 0.3 is 0 Å². The molecule has 0 nitrogen and oxygen atoms in total. The van der Waals surface area contributed by atoms with Crippen LogP contribution in [0.2, 0.25) is 5.02 Å². The Morgan fingerprint density at radius 3 is 2.21 bits per heavy atom. The highest BCUT2D eigenvalue weighted by Crippen LogP contribution is 2.35. The zero-order chi connectivity index (χ0) is 14.2. The number of alkyl halides is 1. The third-order valence-electron chi connectivity index (χ3n) is 2.79. The minimum atomic E-state index is -0.723. The molecule has 0 radical (unpaired) electrons. The molecule has 2 aromatic rings. The normalized spacial score (nSPS) is 12.5. The molecule has 0 aliphatic heterocycles. The number of aryl methyl sites for hydroxylation is 1. The second-order valence-corrected chi connectivity index (χ2v) is 5.50. The van der Waals surface area contributed by atoms with Gasteiger partial charge in [0.25, 0.3) is 0 Å². The molecule has 2 aromatic carbocycles. The Labute approximate surface area is 122 Å². The highest BCUT2D eigenvalue weighted by Gasteiger charge is 2.20. The molecule has 1 unspecified atom stereocenters. The quantitative estimate of drug-likeness (QED) is 0.624. The lowest BCUT2D eigenvalue weighted by Gasteiger charge is -2.14. The van der Waals surface area contributed by atoms with Gasteiger partial charge in [0.2, 0.25) is 0 Å². The third kappa shape index (κ3) is 2.95. The van der Waals surface area contributed by atoms with Crippen LogP contribution in [-0.4, -0.2) is 0 Å². The van der Waals surface area contributed by atoms with Crippen molar-refractivity contribution in [2.75, 3.05) is 0 Å². The summed E-state index contributed by atoms with van der Waals surface area (Å²) in [5.74, 6) is -1.90. The van der Waals surface area contributed by atoms with E-state index in [0.717, 1.165) is 12.1 Å². The molecule has 0 aliphatic carbocycles. The van der Waals surface area contributed by atoms with Gasteiger partial charge in [0.1, 0.15) is 17.5 Å². The number of hydrogen-bond acceptors (Lipinski definition) is 0. The molecular weight excluding hydrogens is 341 g/mol. The predicted octanol–water partition coefficient (Wildman–Crippen LogP) is 5.55. The van der Waals surface area contributed by atoms with Crippen LogP contribution in [-0.2, 0) is 0 Å². The second kappa shape index (κ2) is 5.55. The molecule has 100 valence electrons. The maximum Gasteiger partial charge on any atom is 0.130 e. The largest absolute Gasteiger partial charge is 0.207 e. The van der Waals surface area contributed by atoms with Gasteiger partial charge in [0.15, 0.2) is 0 Å². The third-order valence-corrected chi connectivity index (χ3v) is 4.01.